The van der Waals surface area contributed by atoms with Crippen molar-refractivity contribution in [2.24, 2.45) is 5.73 Å². The van der Waals surface area contributed by atoms with Crippen molar-refractivity contribution in [2.45, 2.75) is 6.04 Å². The first-order chi connectivity index (χ1) is 8.47. The van der Waals surface area contributed by atoms with Gasteiger partial charge < -0.3 is 20.9 Å². The summed E-state index contributed by atoms with van der Waals surface area (Å²) in [5.41, 5.74) is 4.70. The van der Waals surface area contributed by atoms with Crippen LogP contribution in [0.3, 0.4) is 0 Å². The lowest BCUT2D eigenvalue weighted by Gasteiger charge is -2.13. The Morgan fingerprint density at radius 3 is 2.78 bits per heavy atom. The highest BCUT2D eigenvalue weighted by Crippen LogP contribution is 2.19. The summed E-state index contributed by atoms with van der Waals surface area (Å²) in [5.74, 6) is -2.90. The lowest BCUT2D eigenvalue weighted by Crippen LogP contribution is -2.39. The van der Waals surface area contributed by atoms with Gasteiger partial charge in [0.05, 0.1) is 17.9 Å². The first kappa shape index (κ1) is 14.1. The molecule has 1 amide bonds. The molecular weight excluding hydrogens is 243 g/mol. The Morgan fingerprint density at radius 1 is 1.56 bits per heavy atom. The van der Waals surface area contributed by atoms with Crippen molar-refractivity contribution < 1.29 is 23.8 Å². The molecule has 1 aromatic carbocycles. The van der Waals surface area contributed by atoms with Crippen molar-refractivity contribution >= 4 is 17.6 Å². The highest BCUT2D eigenvalue weighted by Gasteiger charge is 2.19. The van der Waals surface area contributed by atoms with Crippen LogP contribution in [0.15, 0.2) is 18.2 Å². The number of methoxy groups -OCH3 is 1. The summed E-state index contributed by atoms with van der Waals surface area (Å²) in [6, 6.07) is 2.47. The van der Waals surface area contributed by atoms with Gasteiger partial charge in [0.15, 0.2) is 0 Å². The number of ether oxygens (including phenoxy) is 1. The average Bonchev–Trinajstić information content (AvgIpc) is 2.31. The normalized spacial score (nSPS) is 11.9. The number of anilines is 1. The number of benzene rings is 1. The van der Waals surface area contributed by atoms with E-state index in [1.165, 1.54) is 19.2 Å². The number of para-hydroxylation sites is 1. The number of aromatic carboxylic acids is 1. The maximum absolute atomic E-state index is 13.5. The van der Waals surface area contributed by atoms with Gasteiger partial charge in [0.25, 0.3) is 0 Å². The first-order valence-electron chi connectivity index (χ1n) is 5.04. The van der Waals surface area contributed by atoms with Crippen molar-refractivity contribution in [1.29, 1.82) is 0 Å². The van der Waals surface area contributed by atoms with E-state index in [-0.39, 0.29) is 12.2 Å². The molecule has 0 heterocycles. The molecule has 6 nitrogen and oxygen atoms in total. The second-order valence-corrected chi connectivity index (χ2v) is 3.52. The van der Waals surface area contributed by atoms with Crippen LogP contribution in [0.2, 0.25) is 0 Å². The van der Waals surface area contributed by atoms with E-state index in [1.54, 1.807) is 0 Å². The van der Waals surface area contributed by atoms with Crippen LogP contribution in [0, 0.1) is 5.82 Å². The van der Waals surface area contributed by atoms with Crippen molar-refractivity contribution in [2.75, 3.05) is 19.0 Å². The summed E-state index contributed by atoms with van der Waals surface area (Å²) in [6.45, 7) is -0.0529. The van der Waals surface area contributed by atoms with Gasteiger partial charge in [0.1, 0.15) is 11.9 Å². The fourth-order valence-electron chi connectivity index (χ4n) is 1.30. The number of carbonyl (C=O) groups excluding carboxylic acids is 1. The Morgan fingerprint density at radius 2 is 2.22 bits per heavy atom. The minimum absolute atomic E-state index is 0.0529. The molecule has 7 heteroatoms. The molecule has 1 unspecified atom stereocenters. The van der Waals surface area contributed by atoms with E-state index in [9.17, 15) is 14.0 Å². The predicted octanol–water partition coefficient (Wildman–Crippen LogP) is 0.436. The highest BCUT2D eigenvalue weighted by atomic mass is 19.1. The van der Waals surface area contributed by atoms with Gasteiger partial charge in [-0.05, 0) is 12.1 Å². The molecule has 0 aromatic heterocycles. The minimum Gasteiger partial charge on any atom is -0.478 e. The second kappa shape index (κ2) is 6.08. The average molecular weight is 256 g/mol. The summed E-state index contributed by atoms with van der Waals surface area (Å²) in [5, 5.41) is 11.0. The molecule has 1 rings (SSSR count). The van der Waals surface area contributed by atoms with E-state index < -0.39 is 29.4 Å². The summed E-state index contributed by atoms with van der Waals surface area (Å²) < 4.78 is 18.1. The molecule has 98 valence electrons. The lowest BCUT2D eigenvalue weighted by molar-refractivity contribution is -0.118. The van der Waals surface area contributed by atoms with E-state index in [0.29, 0.717) is 0 Å². The third kappa shape index (κ3) is 3.25. The van der Waals surface area contributed by atoms with Crippen LogP contribution < -0.4 is 11.1 Å². The molecule has 0 aliphatic carbocycles. The maximum atomic E-state index is 13.5. The third-order valence-electron chi connectivity index (χ3n) is 2.18. The van der Waals surface area contributed by atoms with E-state index in [2.05, 4.69) is 10.1 Å². The maximum Gasteiger partial charge on any atom is 0.337 e. The molecule has 0 bridgehead atoms. The number of halogens is 1. The fourth-order valence-corrected chi connectivity index (χ4v) is 1.30. The van der Waals surface area contributed by atoms with E-state index >= 15 is 0 Å². The monoisotopic (exact) mass is 256 g/mol. The second-order valence-electron chi connectivity index (χ2n) is 3.52. The Kier molecular flexibility index (Phi) is 4.75. The zero-order chi connectivity index (χ0) is 13.7. The van der Waals surface area contributed by atoms with Crippen LogP contribution in [0.25, 0.3) is 0 Å². The standard InChI is InChI=1S/C11H13FN2O4/c1-18-5-8(13)10(15)14-9-6(11(16)17)3-2-4-7(9)12/h2-4,8H,5,13H2,1H3,(H,14,15)(H,16,17). The van der Waals surface area contributed by atoms with E-state index in [0.717, 1.165) is 6.07 Å². The highest BCUT2D eigenvalue weighted by molar-refractivity contribution is 6.02. The molecule has 0 aliphatic heterocycles. The molecule has 1 aromatic rings. The zero-order valence-corrected chi connectivity index (χ0v) is 9.64. The number of hydrogen-bond acceptors (Lipinski definition) is 4. The Balaban J connectivity index is 2.96. The molecule has 0 saturated carbocycles. The molecule has 4 N–H and O–H groups in total. The molecule has 0 radical (unpaired) electrons. The number of amides is 1. The number of carbonyl (C=O) groups is 2. The van der Waals surface area contributed by atoms with Crippen LogP contribution in [-0.4, -0.2) is 36.7 Å². The molecule has 0 spiro atoms. The third-order valence-corrected chi connectivity index (χ3v) is 2.18. The lowest BCUT2D eigenvalue weighted by atomic mass is 10.1. The number of carboxylic acid groups (broad SMARTS) is 1. The number of nitrogens with two attached hydrogens (primary N) is 1. The zero-order valence-electron chi connectivity index (χ0n) is 9.64. The molecule has 0 saturated heterocycles. The van der Waals surface area contributed by atoms with Crippen LogP contribution in [0.5, 0.6) is 0 Å². The quantitative estimate of drug-likeness (QED) is 0.709. The molecule has 0 fully saturated rings. The van der Waals surface area contributed by atoms with Gasteiger partial charge in [-0.25, -0.2) is 9.18 Å². The molecule has 1 atom stereocenters. The number of hydrogen-bond donors (Lipinski definition) is 3. The topological polar surface area (TPSA) is 102 Å². The minimum atomic E-state index is -1.34. The van der Waals surface area contributed by atoms with Crippen molar-refractivity contribution in [3.8, 4) is 0 Å². The van der Waals surface area contributed by atoms with Crippen LogP contribution in [-0.2, 0) is 9.53 Å². The largest absolute Gasteiger partial charge is 0.478 e. The molecule has 18 heavy (non-hydrogen) atoms. The van der Waals surface area contributed by atoms with Crippen LogP contribution in [0.4, 0.5) is 10.1 Å². The van der Waals surface area contributed by atoms with Crippen molar-refractivity contribution in [3.63, 3.8) is 0 Å². The Bertz CT molecular complexity index is 464. The summed E-state index contributed by atoms with van der Waals surface area (Å²) >= 11 is 0. The number of nitrogens with one attached hydrogen (secondary N) is 1. The fraction of sp³-hybridized carbons (Fsp3) is 0.273. The van der Waals surface area contributed by atoms with Gasteiger partial charge in [-0.2, -0.15) is 0 Å². The van der Waals surface area contributed by atoms with Crippen molar-refractivity contribution in [3.05, 3.63) is 29.6 Å². The van der Waals surface area contributed by atoms with Crippen LogP contribution in [0.1, 0.15) is 10.4 Å². The Labute approximate surface area is 103 Å². The molecular formula is C11H13FN2O4. The van der Waals surface area contributed by atoms with Gasteiger partial charge in [-0.3, -0.25) is 4.79 Å². The van der Waals surface area contributed by atoms with Gasteiger partial charge in [0.2, 0.25) is 5.91 Å². The summed E-state index contributed by atoms with van der Waals surface area (Å²) in [6.07, 6.45) is 0. The van der Waals surface area contributed by atoms with Crippen LogP contribution >= 0.6 is 0 Å². The number of carboxylic acids is 1. The summed E-state index contributed by atoms with van der Waals surface area (Å²) in [4.78, 5) is 22.4. The van der Waals surface area contributed by atoms with E-state index in [4.69, 9.17) is 10.8 Å². The SMILES string of the molecule is COCC(N)C(=O)Nc1c(F)cccc1C(=O)O. The van der Waals surface area contributed by atoms with Crippen molar-refractivity contribution in [1.82, 2.24) is 0 Å². The summed E-state index contributed by atoms with van der Waals surface area (Å²) in [7, 11) is 1.36. The predicted molar refractivity (Wildman–Crippen MR) is 61.8 cm³/mol. The van der Waals surface area contributed by atoms with E-state index in [1.807, 2.05) is 0 Å². The first-order valence-corrected chi connectivity index (χ1v) is 5.04. The van der Waals surface area contributed by atoms with Gasteiger partial charge >= 0.3 is 5.97 Å². The van der Waals surface area contributed by atoms with Gasteiger partial charge in [0, 0.05) is 7.11 Å². The van der Waals surface area contributed by atoms with Gasteiger partial charge in [-0.1, -0.05) is 6.07 Å². The Hall–Kier alpha value is -1.99. The number of rotatable bonds is 5. The smallest absolute Gasteiger partial charge is 0.337 e. The molecule has 0 aliphatic rings. The van der Waals surface area contributed by atoms with Gasteiger partial charge in [-0.15, -0.1) is 0 Å².